The maximum absolute atomic E-state index is 13.5. The van der Waals surface area contributed by atoms with E-state index in [1.54, 1.807) is 0 Å². The molecule has 6 nitrogen and oxygen atoms in total. The number of nitrogens with zero attached hydrogens (tertiary/aromatic N) is 2. The Labute approximate surface area is 166 Å². The molecule has 2 amide bonds. The van der Waals surface area contributed by atoms with Gasteiger partial charge in [0.05, 0.1) is 5.92 Å². The summed E-state index contributed by atoms with van der Waals surface area (Å²) in [5.41, 5.74) is 1.05. The zero-order valence-electron chi connectivity index (χ0n) is 16.9. The van der Waals surface area contributed by atoms with Crippen LogP contribution in [0.1, 0.15) is 57.9 Å². The van der Waals surface area contributed by atoms with E-state index >= 15 is 0 Å². The number of ether oxygens (including phenoxy) is 2. The van der Waals surface area contributed by atoms with Gasteiger partial charge in [-0.2, -0.15) is 0 Å². The van der Waals surface area contributed by atoms with Crippen molar-refractivity contribution in [1.29, 1.82) is 0 Å². The van der Waals surface area contributed by atoms with Crippen LogP contribution in [0.15, 0.2) is 18.2 Å². The molecule has 3 aliphatic rings. The van der Waals surface area contributed by atoms with Gasteiger partial charge in [-0.3, -0.25) is 9.59 Å². The molecule has 1 saturated heterocycles. The molecule has 0 N–H and O–H groups in total. The highest BCUT2D eigenvalue weighted by Crippen LogP contribution is 2.35. The molecule has 2 heterocycles. The molecular weight excluding hydrogens is 356 g/mol. The zero-order valence-corrected chi connectivity index (χ0v) is 16.9. The minimum atomic E-state index is -0.0899. The number of rotatable bonds is 7. The lowest BCUT2D eigenvalue weighted by Gasteiger charge is -2.38. The molecule has 1 aromatic carbocycles. The third kappa shape index (κ3) is 3.82. The Bertz CT molecular complexity index is 742. The highest BCUT2D eigenvalue weighted by molar-refractivity contribution is 5.84. The second-order valence-corrected chi connectivity index (χ2v) is 8.14. The van der Waals surface area contributed by atoms with Gasteiger partial charge in [-0.25, -0.2) is 0 Å². The molecule has 1 atom stereocenters. The summed E-state index contributed by atoms with van der Waals surface area (Å²) < 4.78 is 10.9. The topological polar surface area (TPSA) is 59.1 Å². The number of likely N-dealkylation sites (tertiary alicyclic amines) is 1. The summed E-state index contributed by atoms with van der Waals surface area (Å²) in [6.07, 6.45) is 5.17. The van der Waals surface area contributed by atoms with Gasteiger partial charge in [0.2, 0.25) is 18.6 Å². The lowest BCUT2D eigenvalue weighted by Crippen LogP contribution is -2.50. The molecule has 0 bridgehead atoms. The molecule has 0 spiro atoms. The van der Waals surface area contributed by atoms with Crippen molar-refractivity contribution in [3.8, 4) is 11.5 Å². The molecular formula is C22H30N2O4. The third-order valence-corrected chi connectivity index (χ3v) is 6.24. The number of carbonyl (C=O) groups excluding carboxylic acids is 2. The van der Waals surface area contributed by atoms with E-state index in [1.165, 1.54) is 0 Å². The van der Waals surface area contributed by atoms with Crippen LogP contribution in [0.5, 0.6) is 11.5 Å². The van der Waals surface area contributed by atoms with Crippen molar-refractivity contribution < 1.29 is 19.1 Å². The van der Waals surface area contributed by atoms with E-state index in [0.717, 1.165) is 42.7 Å². The number of hydrogen-bond acceptors (Lipinski definition) is 4. The lowest BCUT2D eigenvalue weighted by molar-refractivity contribution is -0.145. The summed E-state index contributed by atoms with van der Waals surface area (Å²) >= 11 is 0. The molecule has 0 aromatic heterocycles. The maximum atomic E-state index is 13.5. The molecule has 6 heteroatoms. The average molecular weight is 386 g/mol. The third-order valence-electron chi connectivity index (χ3n) is 6.24. The Morgan fingerprint density at radius 2 is 1.93 bits per heavy atom. The summed E-state index contributed by atoms with van der Waals surface area (Å²) in [6, 6.07) is 6.48. The quantitative estimate of drug-likeness (QED) is 0.721. The van der Waals surface area contributed by atoms with Gasteiger partial charge in [0.25, 0.3) is 0 Å². The summed E-state index contributed by atoms with van der Waals surface area (Å²) in [5.74, 6) is 1.82. The fraction of sp³-hybridized carbons (Fsp3) is 0.636. The number of hydrogen-bond donors (Lipinski definition) is 0. The molecule has 1 aromatic rings. The molecule has 1 saturated carbocycles. The largest absolute Gasteiger partial charge is 0.454 e. The van der Waals surface area contributed by atoms with Crippen molar-refractivity contribution in [2.45, 2.75) is 71.0 Å². The Hall–Kier alpha value is -2.24. The maximum Gasteiger partial charge on any atom is 0.231 e. The fourth-order valence-electron chi connectivity index (χ4n) is 4.40. The highest BCUT2D eigenvalue weighted by atomic mass is 16.7. The number of benzene rings is 1. The van der Waals surface area contributed by atoms with Crippen LogP contribution < -0.4 is 9.47 Å². The molecule has 4 rings (SSSR count). The van der Waals surface area contributed by atoms with Crippen LogP contribution in [0.3, 0.4) is 0 Å². The van der Waals surface area contributed by atoms with E-state index in [4.69, 9.17) is 9.47 Å². The highest BCUT2D eigenvalue weighted by Gasteiger charge is 2.40. The van der Waals surface area contributed by atoms with Crippen LogP contribution >= 0.6 is 0 Å². The van der Waals surface area contributed by atoms with Gasteiger partial charge in [-0.05, 0) is 49.8 Å². The first-order valence-electron chi connectivity index (χ1n) is 10.6. The van der Waals surface area contributed by atoms with Crippen LogP contribution in [-0.4, -0.2) is 47.0 Å². The van der Waals surface area contributed by atoms with E-state index in [-0.39, 0.29) is 30.6 Å². The first-order valence-corrected chi connectivity index (χ1v) is 10.6. The van der Waals surface area contributed by atoms with Crippen molar-refractivity contribution in [3.05, 3.63) is 23.8 Å². The zero-order chi connectivity index (χ0) is 19.7. The minimum Gasteiger partial charge on any atom is -0.454 e. The smallest absolute Gasteiger partial charge is 0.231 e. The SMILES string of the molecule is CCC(CC)N(Cc1ccc2c(c1)OCO2)C(=O)[C@@H]1CCC(=O)N(C2CC2)C1. The van der Waals surface area contributed by atoms with Gasteiger partial charge < -0.3 is 19.3 Å². The van der Waals surface area contributed by atoms with Gasteiger partial charge >= 0.3 is 0 Å². The van der Waals surface area contributed by atoms with E-state index in [2.05, 4.69) is 13.8 Å². The first-order chi connectivity index (χ1) is 13.6. The number of fused-ring (bicyclic) bond motifs is 1. The number of carbonyl (C=O) groups is 2. The lowest BCUT2D eigenvalue weighted by atomic mass is 9.94. The Balaban J connectivity index is 1.52. The van der Waals surface area contributed by atoms with Gasteiger partial charge in [0.1, 0.15) is 0 Å². The molecule has 2 fully saturated rings. The molecule has 0 unspecified atom stereocenters. The van der Waals surface area contributed by atoms with Crippen LogP contribution in [0.4, 0.5) is 0 Å². The van der Waals surface area contributed by atoms with Crippen molar-refractivity contribution >= 4 is 11.8 Å². The van der Waals surface area contributed by atoms with Crippen LogP contribution in [0, 0.1) is 5.92 Å². The van der Waals surface area contributed by atoms with Gasteiger partial charge in [0, 0.05) is 31.6 Å². The normalized spacial score (nSPS) is 21.3. The minimum absolute atomic E-state index is 0.0899. The fourth-order valence-corrected chi connectivity index (χ4v) is 4.40. The van der Waals surface area contributed by atoms with Crippen molar-refractivity contribution in [3.63, 3.8) is 0 Å². The Kier molecular flexibility index (Phi) is 5.47. The summed E-state index contributed by atoms with van der Waals surface area (Å²) in [5, 5.41) is 0. The Morgan fingerprint density at radius 3 is 2.64 bits per heavy atom. The van der Waals surface area contributed by atoms with E-state index in [9.17, 15) is 9.59 Å². The van der Waals surface area contributed by atoms with E-state index < -0.39 is 0 Å². The average Bonchev–Trinajstić information content (AvgIpc) is 3.45. The summed E-state index contributed by atoms with van der Waals surface area (Å²) in [6.45, 7) is 5.67. The first kappa shape index (κ1) is 19.1. The van der Waals surface area contributed by atoms with Crippen LogP contribution in [0.2, 0.25) is 0 Å². The monoisotopic (exact) mass is 386 g/mol. The molecule has 1 aliphatic carbocycles. The standard InChI is InChI=1S/C22H30N2O4/c1-3-17(4-2)24(12-15-5-9-19-20(11-15)28-14-27-19)22(26)16-6-10-21(25)23(13-16)18-7-8-18/h5,9,11,16-18H,3-4,6-8,10,12-14H2,1-2H3/t16-/m1/s1. The molecule has 2 aliphatic heterocycles. The summed E-state index contributed by atoms with van der Waals surface area (Å²) in [7, 11) is 0. The predicted molar refractivity (Wildman–Crippen MR) is 105 cm³/mol. The Morgan fingerprint density at radius 1 is 1.18 bits per heavy atom. The summed E-state index contributed by atoms with van der Waals surface area (Å²) in [4.78, 5) is 29.7. The van der Waals surface area contributed by atoms with Gasteiger partial charge in [-0.15, -0.1) is 0 Å². The molecule has 152 valence electrons. The number of amides is 2. The van der Waals surface area contributed by atoms with Crippen molar-refractivity contribution in [2.24, 2.45) is 5.92 Å². The second kappa shape index (κ2) is 8.02. The molecule has 28 heavy (non-hydrogen) atoms. The van der Waals surface area contributed by atoms with Crippen LogP contribution in [-0.2, 0) is 16.1 Å². The van der Waals surface area contributed by atoms with E-state index in [0.29, 0.717) is 32.0 Å². The van der Waals surface area contributed by atoms with Gasteiger partial charge in [-0.1, -0.05) is 19.9 Å². The predicted octanol–water partition coefficient (Wildman–Crippen LogP) is 3.33. The van der Waals surface area contributed by atoms with Crippen LogP contribution in [0.25, 0.3) is 0 Å². The second-order valence-electron chi connectivity index (χ2n) is 8.14. The van der Waals surface area contributed by atoms with Crippen molar-refractivity contribution in [1.82, 2.24) is 9.80 Å². The van der Waals surface area contributed by atoms with E-state index in [1.807, 2.05) is 28.0 Å². The number of piperidine rings is 1. The molecule has 0 radical (unpaired) electrons. The van der Waals surface area contributed by atoms with Gasteiger partial charge in [0.15, 0.2) is 11.5 Å². The van der Waals surface area contributed by atoms with Crippen molar-refractivity contribution in [2.75, 3.05) is 13.3 Å².